The topological polar surface area (TPSA) is 90.5 Å². The fourth-order valence-electron chi connectivity index (χ4n) is 5.12. The molecular weight excluding hydrogens is 332 g/mol. The first-order chi connectivity index (χ1) is 12.6. The van der Waals surface area contributed by atoms with Crippen LogP contribution in [0.25, 0.3) is 0 Å². The molecule has 3 aliphatic rings. The first-order valence-corrected chi connectivity index (χ1v) is 9.87. The fourth-order valence-corrected chi connectivity index (χ4v) is 5.12. The van der Waals surface area contributed by atoms with Crippen LogP contribution in [0.5, 0.6) is 0 Å². The van der Waals surface area contributed by atoms with Gasteiger partial charge in [-0.1, -0.05) is 19.3 Å². The first-order valence-electron chi connectivity index (χ1n) is 9.87. The lowest BCUT2D eigenvalue weighted by atomic mass is 9.84. The van der Waals surface area contributed by atoms with E-state index in [2.05, 4.69) is 4.98 Å². The number of hydrogen-bond acceptors (Lipinski definition) is 3. The predicted octanol–water partition coefficient (Wildman–Crippen LogP) is 2.50. The summed E-state index contributed by atoms with van der Waals surface area (Å²) in [5.74, 6) is -1.12. The molecule has 3 atom stereocenters. The Kier molecular flexibility index (Phi) is 4.59. The third kappa shape index (κ3) is 2.95. The van der Waals surface area contributed by atoms with Crippen LogP contribution >= 0.6 is 0 Å². The van der Waals surface area contributed by atoms with E-state index in [4.69, 9.17) is 0 Å². The van der Waals surface area contributed by atoms with Crippen molar-refractivity contribution >= 4 is 11.9 Å². The maximum Gasteiger partial charge on any atom is 0.326 e. The molecule has 1 saturated heterocycles. The summed E-state index contributed by atoms with van der Waals surface area (Å²) in [4.78, 5) is 42.0. The van der Waals surface area contributed by atoms with E-state index in [9.17, 15) is 19.5 Å². The number of carbonyl (C=O) groups is 2. The lowest BCUT2D eigenvalue weighted by molar-refractivity contribution is -0.141. The van der Waals surface area contributed by atoms with E-state index in [-0.39, 0.29) is 23.1 Å². The third-order valence-electron chi connectivity index (χ3n) is 6.43. The summed E-state index contributed by atoms with van der Waals surface area (Å²) in [5, 5.41) is 9.65. The number of aliphatic carboxylic acids is 1. The standard InChI is InChI=1S/C20H26N2O4/c23-18-14(10-12-6-2-1-3-8-15(12)21-18)19(24)22-16-9-5-4-7-13(16)11-17(22)20(25)26/h10,13,16-17H,1-9,11H2,(H,21,23)(H,25,26). The van der Waals surface area contributed by atoms with E-state index >= 15 is 0 Å². The number of hydrogen-bond donors (Lipinski definition) is 2. The molecule has 1 aromatic heterocycles. The second kappa shape index (κ2) is 6.89. The molecule has 26 heavy (non-hydrogen) atoms. The summed E-state index contributed by atoms with van der Waals surface area (Å²) in [7, 11) is 0. The average molecular weight is 358 g/mol. The van der Waals surface area contributed by atoms with Crippen molar-refractivity contribution in [2.75, 3.05) is 0 Å². The number of amides is 1. The van der Waals surface area contributed by atoms with Crippen molar-refractivity contribution in [3.8, 4) is 0 Å². The van der Waals surface area contributed by atoms with E-state index in [0.717, 1.165) is 69.0 Å². The van der Waals surface area contributed by atoms with Crippen molar-refractivity contribution < 1.29 is 14.7 Å². The van der Waals surface area contributed by atoms with Gasteiger partial charge in [-0.3, -0.25) is 9.59 Å². The Hall–Kier alpha value is -2.11. The number of nitrogens with zero attached hydrogens (tertiary/aromatic N) is 1. The van der Waals surface area contributed by atoms with E-state index < -0.39 is 17.9 Å². The fraction of sp³-hybridized carbons (Fsp3) is 0.650. The zero-order valence-electron chi connectivity index (χ0n) is 15.0. The van der Waals surface area contributed by atoms with Gasteiger partial charge in [-0.05, 0) is 62.5 Å². The lowest BCUT2D eigenvalue weighted by Gasteiger charge is -2.33. The van der Waals surface area contributed by atoms with Crippen LogP contribution in [0, 0.1) is 5.92 Å². The highest BCUT2D eigenvalue weighted by Crippen LogP contribution is 2.40. The van der Waals surface area contributed by atoms with Crippen LogP contribution in [0.3, 0.4) is 0 Å². The highest BCUT2D eigenvalue weighted by Gasteiger charge is 2.48. The lowest BCUT2D eigenvalue weighted by Crippen LogP contribution is -2.47. The van der Waals surface area contributed by atoms with Crippen LogP contribution in [-0.2, 0) is 17.6 Å². The number of aromatic amines is 1. The maximum absolute atomic E-state index is 13.3. The van der Waals surface area contributed by atoms with E-state index in [1.165, 1.54) is 4.90 Å². The number of nitrogens with one attached hydrogen (secondary N) is 1. The van der Waals surface area contributed by atoms with Crippen LogP contribution < -0.4 is 5.56 Å². The van der Waals surface area contributed by atoms with E-state index in [1.54, 1.807) is 6.07 Å². The zero-order valence-corrected chi connectivity index (χ0v) is 15.0. The summed E-state index contributed by atoms with van der Waals surface area (Å²) >= 11 is 0. The smallest absolute Gasteiger partial charge is 0.326 e. The van der Waals surface area contributed by atoms with Crippen molar-refractivity contribution in [2.45, 2.75) is 76.3 Å². The molecule has 0 bridgehead atoms. The monoisotopic (exact) mass is 358 g/mol. The Morgan fingerprint density at radius 3 is 2.65 bits per heavy atom. The molecule has 1 aromatic rings. The number of aryl methyl sites for hydroxylation is 2. The number of rotatable bonds is 2. The summed E-state index contributed by atoms with van der Waals surface area (Å²) in [6.07, 6.45) is 9.35. The van der Waals surface area contributed by atoms with Crippen LogP contribution in [0.4, 0.5) is 0 Å². The SMILES string of the molecule is O=C(O)C1CC2CCCCC2N1C(=O)c1cc2c([nH]c1=O)CCCCC2. The Morgan fingerprint density at radius 2 is 1.85 bits per heavy atom. The average Bonchev–Trinajstić information content (AvgIpc) is 2.87. The van der Waals surface area contributed by atoms with Crippen molar-refractivity contribution in [2.24, 2.45) is 5.92 Å². The van der Waals surface area contributed by atoms with E-state index in [1.807, 2.05) is 0 Å². The molecule has 4 rings (SSSR count). The normalized spacial score (nSPS) is 28.2. The van der Waals surface area contributed by atoms with Crippen molar-refractivity contribution in [1.29, 1.82) is 0 Å². The molecule has 1 amide bonds. The van der Waals surface area contributed by atoms with Gasteiger partial charge in [-0.2, -0.15) is 0 Å². The summed E-state index contributed by atoms with van der Waals surface area (Å²) < 4.78 is 0. The second-order valence-electron chi connectivity index (χ2n) is 7.99. The summed E-state index contributed by atoms with van der Waals surface area (Å²) in [5.41, 5.74) is 1.72. The molecule has 6 nitrogen and oxygen atoms in total. The number of H-pyrrole nitrogens is 1. The summed E-state index contributed by atoms with van der Waals surface area (Å²) in [6.45, 7) is 0. The minimum absolute atomic E-state index is 0.0458. The van der Waals surface area contributed by atoms with Gasteiger partial charge in [0, 0.05) is 11.7 Å². The predicted molar refractivity (Wildman–Crippen MR) is 96.3 cm³/mol. The van der Waals surface area contributed by atoms with Crippen molar-refractivity contribution in [3.63, 3.8) is 0 Å². The molecule has 140 valence electrons. The molecule has 0 aromatic carbocycles. The molecule has 6 heteroatoms. The van der Waals surface area contributed by atoms with Gasteiger partial charge in [0.25, 0.3) is 11.5 Å². The molecule has 0 radical (unpaired) electrons. The summed E-state index contributed by atoms with van der Waals surface area (Å²) in [6, 6.07) is 0.876. The number of carboxylic acid groups (broad SMARTS) is 1. The van der Waals surface area contributed by atoms with Gasteiger partial charge in [0.1, 0.15) is 11.6 Å². The van der Waals surface area contributed by atoms with Gasteiger partial charge in [-0.25, -0.2) is 4.79 Å². The van der Waals surface area contributed by atoms with E-state index in [0.29, 0.717) is 6.42 Å². The highest BCUT2D eigenvalue weighted by molar-refractivity contribution is 5.97. The van der Waals surface area contributed by atoms with Crippen molar-refractivity contribution in [3.05, 3.63) is 33.2 Å². The number of likely N-dealkylation sites (tertiary alicyclic amines) is 1. The molecule has 2 aliphatic carbocycles. The molecule has 3 unspecified atom stereocenters. The van der Waals surface area contributed by atoms with Gasteiger partial charge < -0.3 is 15.0 Å². The third-order valence-corrected chi connectivity index (χ3v) is 6.43. The quantitative estimate of drug-likeness (QED) is 0.795. The molecule has 1 aliphatic heterocycles. The number of carbonyl (C=O) groups excluding carboxylic acids is 1. The molecule has 2 fully saturated rings. The minimum atomic E-state index is -0.959. The van der Waals surface area contributed by atoms with Crippen LogP contribution in [0.2, 0.25) is 0 Å². The number of fused-ring (bicyclic) bond motifs is 2. The van der Waals surface area contributed by atoms with Gasteiger partial charge in [0.05, 0.1) is 0 Å². The molecule has 2 heterocycles. The largest absolute Gasteiger partial charge is 0.480 e. The Bertz CT molecular complexity index is 785. The van der Waals surface area contributed by atoms with Gasteiger partial charge in [0.2, 0.25) is 0 Å². The van der Waals surface area contributed by atoms with Gasteiger partial charge >= 0.3 is 5.97 Å². The Labute approximate surface area is 152 Å². The maximum atomic E-state index is 13.3. The van der Waals surface area contributed by atoms with Crippen LogP contribution in [0.1, 0.15) is 73.0 Å². The molecular formula is C20H26N2O4. The number of pyridine rings is 1. The molecule has 1 saturated carbocycles. The Morgan fingerprint density at radius 1 is 1.08 bits per heavy atom. The Balaban J connectivity index is 1.70. The molecule has 0 spiro atoms. The first kappa shape index (κ1) is 17.3. The zero-order chi connectivity index (χ0) is 18.3. The van der Waals surface area contributed by atoms with Gasteiger partial charge in [0.15, 0.2) is 0 Å². The van der Waals surface area contributed by atoms with Crippen LogP contribution in [0.15, 0.2) is 10.9 Å². The second-order valence-corrected chi connectivity index (χ2v) is 7.99. The van der Waals surface area contributed by atoms with Gasteiger partial charge in [-0.15, -0.1) is 0 Å². The number of aromatic nitrogens is 1. The van der Waals surface area contributed by atoms with Crippen LogP contribution in [-0.4, -0.2) is 39.0 Å². The molecule has 2 N–H and O–H groups in total. The number of carboxylic acids is 1. The highest BCUT2D eigenvalue weighted by atomic mass is 16.4. The van der Waals surface area contributed by atoms with Crippen molar-refractivity contribution in [1.82, 2.24) is 9.88 Å². The minimum Gasteiger partial charge on any atom is -0.480 e.